The van der Waals surface area contributed by atoms with E-state index in [0.29, 0.717) is 22.4 Å². The Labute approximate surface area is 150 Å². The number of nitrogen functional groups attached to an aromatic ring is 1. The van der Waals surface area contributed by atoms with Crippen LogP contribution in [0.2, 0.25) is 0 Å². The van der Waals surface area contributed by atoms with Gasteiger partial charge < -0.3 is 15.3 Å². The second-order valence-corrected chi connectivity index (χ2v) is 5.22. The number of nitrogens with two attached hydrogens (primary N) is 1. The Hall–Kier alpha value is -3.74. The van der Waals surface area contributed by atoms with Crippen LogP contribution in [0.4, 0.5) is 5.82 Å². The smallest absolute Gasteiger partial charge is 0.233 e. The molecule has 2 N–H and O–H groups in total. The summed E-state index contributed by atoms with van der Waals surface area (Å²) in [7, 11) is 1.42. The first-order valence-corrected chi connectivity index (χ1v) is 7.73. The van der Waals surface area contributed by atoms with Crippen molar-refractivity contribution in [3.63, 3.8) is 0 Å². The highest BCUT2D eigenvalue weighted by molar-refractivity contribution is 6.09. The van der Waals surface area contributed by atoms with Gasteiger partial charge >= 0.3 is 0 Å². The first-order chi connectivity index (χ1) is 12.7. The number of hydrogen-bond acceptors (Lipinski definition) is 7. The number of anilines is 1. The minimum absolute atomic E-state index is 0.0589. The molecule has 0 aliphatic rings. The van der Waals surface area contributed by atoms with Crippen LogP contribution in [-0.4, -0.2) is 29.1 Å². The summed E-state index contributed by atoms with van der Waals surface area (Å²) in [4.78, 5) is 25.0. The summed E-state index contributed by atoms with van der Waals surface area (Å²) in [6.45, 7) is 0. The first-order valence-electron chi connectivity index (χ1n) is 7.73. The van der Waals surface area contributed by atoms with Crippen molar-refractivity contribution in [3.05, 3.63) is 77.6 Å². The van der Waals surface area contributed by atoms with E-state index in [2.05, 4.69) is 20.0 Å². The Balaban J connectivity index is 1.81. The predicted octanol–water partition coefficient (Wildman–Crippen LogP) is 3.06. The SMILES string of the molecule is CO/N=C/c1c(N)ncnc1Oc1ccc(C(=O)c2ccccc2)cc1. The molecule has 0 saturated heterocycles. The van der Waals surface area contributed by atoms with Crippen LogP contribution < -0.4 is 10.5 Å². The number of aromatic nitrogens is 2. The van der Waals surface area contributed by atoms with Gasteiger partial charge in [0.2, 0.25) is 5.88 Å². The highest BCUT2D eigenvalue weighted by atomic mass is 16.6. The number of rotatable bonds is 6. The fourth-order valence-electron chi connectivity index (χ4n) is 2.24. The molecule has 0 radical (unpaired) electrons. The van der Waals surface area contributed by atoms with E-state index in [1.165, 1.54) is 19.7 Å². The van der Waals surface area contributed by atoms with E-state index in [4.69, 9.17) is 10.5 Å². The summed E-state index contributed by atoms with van der Waals surface area (Å²) in [5, 5.41) is 3.67. The number of nitrogens with zero attached hydrogens (tertiary/aromatic N) is 3. The number of hydrogen-bond donors (Lipinski definition) is 1. The molecule has 0 atom stereocenters. The molecule has 0 bridgehead atoms. The van der Waals surface area contributed by atoms with Crippen molar-refractivity contribution in [2.24, 2.45) is 5.16 Å². The maximum atomic E-state index is 12.4. The van der Waals surface area contributed by atoms with E-state index in [0.717, 1.165) is 0 Å². The standard InChI is InChI=1S/C19H16N4O3/c1-25-23-11-16-18(20)21-12-22-19(16)26-15-9-7-14(8-10-15)17(24)13-5-3-2-4-6-13/h2-12H,1H3,(H2,20,21,22)/b23-11+. The van der Waals surface area contributed by atoms with E-state index < -0.39 is 0 Å². The lowest BCUT2D eigenvalue weighted by atomic mass is 10.0. The molecule has 0 amide bonds. The highest BCUT2D eigenvalue weighted by Gasteiger charge is 2.12. The zero-order valence-electron chi connectivity index (χ0n) is 14.0. The molecule has 0 aliphatic carbocycles. The summed E-state index contributed by atoms with van der Waals surface area (Å²) >= 11 is 0. The maximum absolute atomic E-state index is 12.4. The van der Waals surface area contributed by atoms with Gasteiger partial charge in [0.1, 0.15) is 30.6 Å². The van der Waals surface area contributed by atoms with Crippen LogP contribution in [0.3, 0.4) is 0 Å². The number of benzene rings is 2. The highest BCUT2D eigenvalue weighted by Crippen LogP contribution is 2.25. The molecule has 2 aromatic carbocycles. The molecule has 0 spiro atoms. The van der Waals surface area contributed by atoms with Crippen LogP contribution in [0.25, 0.3) is 0 Å². The van der Waals surface area contributed by atoms with Crippen molar-refractivity contribution < 1.29 is 14.4 Å². The molecule has 1 heterocycles. The minimum atomic E-state index is -0.0589. The van der Waals surface area contributed by atoms with Crippen molar-refractivity contribution in [2.45, 2.75) is 0 Å². The van der Waals surface area contributed by atoms with E-state index >= 15 is 0 Å². The van der Waals surface area contributed by atoms with E-state index in [-0.39, 0.29) is 17.5 Å². The normalized spacial score (nSPS) is 10.7. The molecule has 0 fully saturated rings. The summed E-state index contributed by atoms with van der Waals surface area (Å²) in [5.74, 6) is 0.892. The van der Waals surface area contributed by atoms with E-state index in [1.54, 1.807) is 36.4 Å². The zero-order chi connectivity index (χ0) is 18.4. The molecule has 0 aliphatic heterocycles. The fraction of sp³-hybridized carbons (Fsp3) is 0.0526. The minimum Gasteiger partial charge on any atom is -0.438 e. The third-order valence-electron chi connectivity index (χ3n) is 3.53. The van der Waals surface area contributed by atoms with Gasteiger partial charge in [0.25, 0.3) is 0 Å². The molecule has 7 nitrogen and oxygen atoms in total. The molecule has 3 aromatic rings. The largest absolute Gasteiger partial charge is 0.438 e. The van der Waals surface area contributed by atoms with Crippen LogP contribution in [0.15, 0.2) is 66.1 Å². The number of carbonyl (C=O) groups excluding carboxylic acids is 1. The van der Waals surface area contributed by atoms with Crippen molar-refractivity contribution >= 4 is 17.8 Å². The monoisotopic (exact) mass is 348 g/mol. The van der Waals surface area contributed by atoms with Crippen molar-refractivity contribution in [2.75, 3.05) is 12.8 Å². The van der Waals surface area contributed by atoms with Gasteiger partial charge in [-0.1, -0.05) is 35.5 Å². The summed E-state index contributed by atoms with van der Waals surface area (Å²) in [5.41, 5.74) is 7.41. The van der Waals surface area contributed by atoms with Crippen molar-refractivity contribution in [1.29, 1.82) is 0 Å². The van der Waals surface area contributed by atoms with Gasteiger partial charge in [-0.3, -0.25) is 4.79 Å². The second-order valence-electron chi connectivity index (χ2n) is 5.22. The molecule has 0 saturated carbocycles. The molecule has 1 aromatic heterocycles. The van der Waals surface area contributed by atoms with Crippen molar-refractivity contribution in [1.82, 2.24) is 9.97 Å². The first kappa shape index (κ1) is 17.1. The number of ether oxygens (including phenoxy) is 1. The molecule has 7 heteroatoms. The van der Waals surface area contributed by atoms with Gasteiger partial charge in [-0.15, -0.1) is 0 Å². The van der Waals surface area contributed by atoms with Gasteiger partial charge in [-0.05, 0) is 24.3 Å². The average molecular weight is 348 g/mol. The summed E-state index contributed by atoms with van der Waals surface area (Å²) in [6, 6.07) is 15.8. The number of oxime groups is 1. The third kappa shape index (κ3) is 3.84. The van der Waals surface area contributed by atoms with Crippen LogP contribution in [-0.2, 0) is 4.84 Å². The van der Waals surface area contributed by atoms with Crippen LogP contribution in [0, 0.1) is 0 Å². The quantitative estimate of drug-likeness (QED) is 0.417. The molecular formula is C19H16N4O3. The fourth-order valence-corrected chi connectivity index (χ4v) is 2.24. The third-order valence-corrected chi connectivity index (χ3v) is 3.53. The van der Waals surface area contributed by atoms with Gasteiger partial charge in [-0.2, -0.15) is 0 Å². The Bertz CT molecular complexity index is 925. The average Bonchev–Trinajstić information content (AvgIpc) is 2.68. The van der Waals surface area contributed by atoms with E-state index in [1.807, 2.05) is 18.2 Å². The number of carbonyl (C=O) groups is 1. The Morgan fingerprint density at radius 1 is 1.04 bits per heavy atom. The predicted molar refractivity (Wildman–Crippen MR) is 97.4 cm³/mol. The van der Waals surface area contributed by atoms with Crippen molar-refractivity contribution in [3.8, 4) is 11.6 Å². The molecule has 3 rings (SSSR count). The summed E-state index contributed by atoms with van der Waals surface area (Å²) < 4.78 is 5.74. The lowest BCUT2D eigenvalue weighted by Crippen LogP contribution is -2.03. The number of ketones is 1. The summed E-state index contributed by atoms with van der Waals surface area (Å²) in [6.07, 6.45) is 2.67. The van der Waals surface area contributed by atoms with Gasteiger partial charge in [0.15, 0.2) is 5.78 Å². The molecule has 26 heavy (non-hydrogen) atoms. The maximum Gasteiger partial charge on any atom is 0.233 e. The van der Waals surface area contributed by atoms with Gasteiger partial charge in [0.05, 0.1) is 6.21 Å². The van der Waals surface area contributed by atoms with Gasteiger partial charge in [-0.25, -0.2) is 9.97 Å². The van der Waals surface area contributed by atoms with Crippen LogP contribution in [0.1, 0.15) is 21.5 Å². The molecule has 0 unspecified atom stereocenters. The Kier molecular flexibility index (Phi) is 5.19. The molecular weight excluding hydrogens is 332 g/mol. The lowest BCUT2D eigenvalue weighted by Gasteiger charge is -2.09. The Morgan fingerprint density at radius 3 is 2.42 bits per heavy atom. The van der Waals surface area contributed by atoms with Gasteiger partial charge in [0, 0.05) is 11.1 Å². The van der Waals surface area contributed by atoms with Crippen LogP contribution >= 0.6 is 0 Å². The van der Waals surface area contributed by atoms with Crippen LogP contribution in [0.5, 0.6) is 11.6 Å². The Morgan fingerprint density at radius 2 is 1.73 bits per heavy atom. The topological polar surface area (TPSA) is 99.7 Å². The molecule has 130 valence electrons. The second kappa shape index (κ2) is 7.89. The zero-order valence-corrected chi connectivity index (χ0v) is 14.0. The van der Waals surface area contributed by atoms with E-state index in [9.17, 15) is 4.79 Å². The lowest BCUT2D eigenvalue weighted by molar-refractivity contribution is 0.103.